The van der Waals surface area contributed by atoms with E-state index in [4.69, 9.17) is 0 Å². The Morgan fingerprint density at radius 3 is 2.50 bits per heavy atom. The van der Waals surface area contributed by atoms with Crippen LogP contribution in [-0.2, 0) is 0 Å². The maximum absolute atomic E-state index is 3.57. The second kappa shape index (κ2) is 4.76. The molecule has 0 aromatic rings. The van der Waals surface area contributed by atoms with Gasteiger partial charge in [-0.3, -0.25) is 0 Å². The average molecular weight is 101 g/mol. The summed E-state index contributed by atoms with van der Waals surface area (Å²) in [6, 6.07) is 0. The highest BCUT2D eigenvalue weighted by molar-refractivity contribution is 7.78. The molecule has 0 saturated heterocycles. The van der Waals surface area contributed by atoms with Crippen LogP contribution in [0.5, 0.6) is 0 Å². The largest absolute Gasteiger partial charge is 0.228 e. The van der Waals surface area contributed by atoms with Crippen molar-refractivity contribution in [1.29, 1.82) is 0 Å². The summed E-state index contributed by atoms with van der Waals surface area (Å²) in [7, 11) is 0. The van der Waals surface area contributed by atoms with Gasteiger partial charge in [0.2, 0.25) is 0 Å². The van der Waals surface area contributed by atoms with E-state index in [1.807, 2.05) is 19.1 Å². The Labute approximate surface area is 43.3 Å². The number of thiol groups is 1. The Hall–Kier alpha value is -0.240. The van der Waals surface area contributed by atoms with Crippen molar-refractivity contribution in [2.24, 2.45) is 4.40 Å². The van der Waals surface area contributed by atoms with Crippen LogP contribution >= 0.6 is 12.8 Å². The van der Waals surface area contributed by atoms with Crippen LogP contribution in [0.3, 0.4) is 0 Å². The lowest BCUT2D eigenvalue weighted by Gasteiger charge is -1.62. The number of hydrogen-bond acceptors (Lipinski definition) is 2. The summed E-state index contributed by atoms with van der Waals surface area (Å²) in [6.07, 6.45) is 5.32. The van der Waals surface area contributed by atoms with Crippen molar-refractivity contribution in [1.82, 2.24) is 0 Å². The zero-order valence-electron chi connectivity index (χ0n) is 3.63. The molecule has 34 valence electrons. The SMILES string of the molecule is C/C=C\C=NS. The summed E-state index contributed by atoms with van der Waals surface area (Å²) < 4.78 is 3.41. The minimum atomic E-state index is 1.61. The predicted molar refractivity (Wildman–Crippen MR) is 32.3 cm³/mol. The molecule has 6 heavy (non-hydrogen) atoms. The van der Waals surface area contributed by atoms with Crippen LogP contribution < -0.4 is 0 Å². The zero-order valence-corrected chi connectivity index (χ0v) is 4.52. The van der Waals surface area contributed by atoms with Crippen LogP contribution in [0.1, 0.15) is 6.92 Å². The van der Waals surface area contributed by atoms with Gasteiger partial charge < -0.3 is 0 Å². The van der Waals surface area contributed by atoms with Crippen LogP contribution in [0.25, 0.3) is 0 Å². The Morgan fingerprint density at radius 1 is 1.67 bits per heavy atom. The lowest BCUT2D eigenvalue weighted by atomic mass is 10.6. The smallest absolute Gasteiger partial charge is 0.0345 e. The van der Waals surface area contributed by atoms with Gasteiger partial charge in [0.05, 0.1) is 0 Å². The van der Waals surface area contributed by atoms with Crippen molar-refractivity contribution in [3.63, 3.8) is 0 Å². The summed E-state index contributed by atoms with van der Waals surface area (Å²) >= 11 is 3.57. The molecule has 0 radical (unpaired) electrons. The number of hydrogen-bond donors (Lipinski definition) is 1. The van der Waals surface area contributed by atoms with Crippen molar-refractivity contribution in [3.8, 4) is 0 Å². The van der Waals surface area contributed by atoms with E-state index in [-0.39, 0.29) is 0 Å². The minimum absolute atomic E-state index is 1.61. The predicted octanol–water partition coefficient (Wildman–Crippen LogP) is 1.48. The molecule has 0 atom stereocenters. The summed E-state index contributed by atoms with van der Waals surface area (Å²) in [5.41, 5.74) is 0. The van der Waals surface area contributed by atoms with Crippen molar-refractivity contribution in [2.75, 3.05) is 0 Å². The van der Waals surface area contributed by atoms with Gasteiger partial charge in [-0.2, -0.15) is 0 Å². The molecule has 0 saturated carbocycles. The van der Waals surface area contributed by atoms with E-state index in [9.17, 15) is 0 Å². The van der Waals surface area contributed by atoms with Gasteiger partial charge in [-0.1, -0.05) is 6.08 Å². The molecule has 0 aromatic heterocycles. The van der Waals surface area contributed by atoms with Gasteiger partial charge in [-0.15, -0.1) is 0 Å². The van der Waals surface area contributed by atoms with Gasteiger partial charge in [0, 0.05) is 6.21 Å². The molecule has 0 aromatic carbocycles. The Kier molecular flexibility index (Phi) is 4.57. The van der Waals surface area contributed by atoms with Gasteiger partial charge in [-0.25, -0.2) is 4.40 Å². The lowest BCUT2D eigenvalue weighted by molar-refractivity contribution is 1.77. The van der Waals surface area contributed by atoms with Crippen LogP contribution in [0.15, 0.2) is 16.5 Å². The summed E-state index contributed by atoms with van der Waals surface area (Å²) in [4.78, 5) is 0. The molecule has 0 unspecified atom stereocenters. The monoisotopic (exact) mass is 101 g/mol. The number of allylic oxidation sites excluding steroid dienone is 2. The van der Waals surface area contributed by atoms with E-state index >= 15 is 0 Å². The van der Waals surface area contributed by atoms with E-state index in [0.29, 0.717) is 0 Å². The second-order valence-electron chi connectivity index (χ2n) is 0.790. The van der Waals surface area contributed by atoms with Crippen LogP contribution in [0, 0.1) is 0 Å². The van der Waals surface area contributed by atoms with E-state index in [1.54, 1.807) is 6.21 Å². The summed E-state index contributed by atoms with van der Waals surface area (Å²) in [5.74, 6) is 0. The maximum atomic E-state index is 3.57. The Morgan fingerprint density at radius 2 is 2.33 bits per heavy atom. The van der Waals surface area contributed by atoms with Gasteiger partial charge in [0.1, 0.15) is 0 Å². The van der Waals surface area contributed by atoms with E-state index < -0.39 is 0 Å². The Bertz CT molecular complexity index is 55.9. The first kappa shape index (κ1) is 5.76. The molecular weight excluding hydrogens is 94.1 g/mol. The van der Waals surface area contributed by atoms with Gasteiger partial charge in [0.15, 0.2) is 0 Å². The second-order valence-corrected chi connectivity index (χ2v) is 1.02. The summed E-state index contributed by atoms with van der Waals surface area (Å²) in [5, 5.41) is 0. The first-order valence-electron chi connectivity index (χ1n) is 1.70. The molecule has 0 aliphatic carbocycles. The minimum Gasteiger partial charge on any atom is -0.228 e. The molecular formula is C4H7NS. The van der Waals surface area contributed by atoms with Crippen LogP contribution in [-0.4, -0.2) is 6.21 Å². The number of rotatable bonds is 1. The normalized spacial score (nSPS) is 11.7. The van der Waals surface area contributed by atoms with E-state index in [2.05, 4.69) is 17.2 Å². The zero-order chi connectivity index (χ0) is 4.83. The highest BCUT2D eigenvalue weighted by Gasteiger charge is 1.50. The standard InChI is InChI=1S/C4H7NS/c1-2-3-4-5-6/h2-4,6H,1H3/b3-2-,5-4?. The first-order chi connectivity index (χ1) is 2.91. The molecule has 0 heterocycles. The van der Waals surface area contributed by atoms with Crippen molar-refractivity contribution >= 4 is 19.0 Å². The average Bonchev–Trinajstić information content (AvgIpc) is 1.61. The molecule has 2 heteroatoms. The van der Waals surface area contributed by atoms with E-state index in [0.717, 1.165) is 0 Å². The summed E-state index contributed by atoms with van der Waals surface area (Å²) in [6.45, 7) is 1.93. The molecule has 0 fully saturated rings. The first-order valence-corrected chi connectivity index (χ1v) is 2.10. The molecule has 0 bridgehead atoms. The van der Waals surface area contributed by atoms with Gasteiger partial charge in [0.25, 0.3) is 0 Å². The molecule has 0 spiro atoms. The van der Waals surface area contributed by atoms with E-state index in [1.165, 1.54) is 0 Å². The molecule has 0 aliphatic heterocycles. The molecule has 0 N–H and O–H groups in total. The fraction of sp³-hybridized carbons (Fsp3) is 0.250. The third-order valence-electron chi connectivity index (χ3n) is 0.345. The van der Waals surface area contributed by atoms with Crippen molar-refractivity contribution < 1.29 is 0 Å². The third kappa shape index (κ3) is 3.76. The molecule has 0 aliphatic rings. The topological polar surface area (TPSA) is 12.4 Å². The van der Waals surface area contributed by atoms with Gasteiger partial charge in [-0.05, 0) is 25.8 Å². The third-order valence-corrected chi connectivity index (χ3v) is 0.479. The lowest BCUT2D eigenvalue weighted by Crippen LogP contribution is -1.51. The fourth-order valence-electron chi connectivity index (χ4n) is 0.125. The van der Waals surface area contributed by atoms with Crippen molar-refractivity contribution in [2.45, 2.75) is 6.92 Å². The molecule has 1 nitrogen and oxygen atoms in total. The number of nitrogens with zero attached hydrogens (tertiary/aromatic N) is 1. The maximum Gasteiger partial charge on any atom is 0.0345 e. The highest BCUT2D eigenvalue weighted by atomic mass is 32.1. The molecule has 0 rings (SSSR count). The highest BCUT2D eigenvalue weighted by Crippen LogP contribution is 1.69. The fourth-order valence-corrected chi connectivity index (χ4v) is 0.202. The molecule has 0 amide bonds. The Balaban J connectivity index is 3.07. The quantitative estimate of drug-likeness (QED) is 0.379. The van der Waals surface area contributed by atoms with Crippen LogP contribution in [0.2, 0.25) is 0 Å². The van der Waals surface area contributed by atoms with Crippen molar-refractivity contribution in [3.05, 3.63) is 12.2 Å². The van der Waals surface area contributed by atoms with Gasteiger partial charge >= 0.3 is 0 Å². The van der Waals surface area contributed by atoms with Crippen LogP contribution in [0.4, 0.5) is 0 Å².